The molecule has 0 aliphatic carbocycles. The number of aliphatic hydroxyl groups is 2. The first-order valence-electron chi connectivity index (χ1n) is 4.79. The second kappa shape index (κ2) is 7.92. The number of rotatable bonds is 4. The molecule has 0 spiro atoms. The molecule has 3 atom stereocenters. The lowest BCUT2D eigenvalue weighted by Crippen LogP contribution is -2.37. The Morgan fingerprint density at radius 3 is 2.12 bits per heavy atom. The summed E-state index contributed by atoms with van der Waals surface area (Å²) < 4.78 is 0. The number of hydrogen-bond acceptors (Lipinski definition) is 7. The summed E-state index contributed by atoms with van der Waals surface area (Å²) in [6.45, 7) is -0.219. The van der Waals surface area contributed by atoms with Gasteiger partial charge >= 0.3 is 11.9 Å². The van der Waals surface area contributed by atoms with E-state index in [9.17, 15) is 9.59 Å². The highest BCUT2D eigenvalue weighted by molar-refractivity contribution is 5.74. The minimum absolute atomic E-state index is 0.329. The number of nitrogens with one attached hydrogen (secondary N) is 2. The van der Waals surface area contributed by atoms with Crippen molar-refractivity contribution in [2.75, 3.05) is 13.2 Å². The van der Waals surface area contributed by atoms with E-state index in [0.29, 0.717) is 13.0 Å². The third-order valence-electron chi connectivity index (χ3n) is 2.04. The number of β-amino-alcohol motifs (C(OH)–C–C–N with tert-alkyl or cyclic N) is 1. The van der Waals surface area contributed by atoms with E-state index < -0.39 is 36.7 Å². The van der Waals surface area contributed by atoms with E-state index in [1.807, 2.05) is 0 Å². The van der Waals surface area contributed by atoms with Crippen LogP contribution in [0.15, 0.2) is 0 Å². The van der Waals surface area contributed by atoms with E-state index in [4.69, 9.17) is 25.6 Å². The Hall–Kier alpha value is -1.26. The molecule has 0 bridgehead atoms. The molecule has 100 valence electrons. The number of hydrogen-bond donors (Lipinski definition) is 7. The van der Waals surface area contributed by atoms with Crippen LogP contribution in [0, 0.1) is 0 Å². The highest BCUT2D eigenvalue weighted by Crippen LogP contribution is 2.05. The van der Waals surface area contributed by atoms with Gasteiger partial charge in [0.25, 0.3) is 0 Å². The van der Waals surface area contributed by atoms with Gasteiger partial charge < -0.3 is 31.0 Å². The fourth-order valence-corrected chi connectivity index (χ4v) is 1.08. The van der Waals surface area contributed by atoms with Crippen molar-refractivity contribution in [1.82, 2.24) is 10.8 Å². The summed E-state index contributed by atoms with van der Waals surface area (Å²) in [5, 5.41) is 43.8. The lowest BCUT2D eigenvalue weighted by molar-refractivity contribution is -0.143. The van der Waals surface area contributed by atoms with Gasteiger partial charge in [0.05, 0.1) is 12.7 Å². The predicted octanol–water partition coefficient (Wildman–Crippen LogP) is -2.80. The van der Waals surface area contributed by atoms with E-state index in [2.05, 4.69) is 5.32 Å². The van der Waals surface area contributed by atoms with Gasteiger partial charge in [0.15, 0.2) is 6.04 Å². The monoisotopic (exact) mass is 252 g/mol. The molecule has 1 heterocycles. The third-order valence-corrected chi connectivity index (χ3v) is 2.04. The van der Waals surface area contributed by atoms with Gasteiger partial charge in [0.2, 0.25) is 0 Å². The second-order valence-corrected chi connectivity index (χ2v) is 3.39. The Bertz CT molecular complexity index is 256. The summed E-state index contributed by atoms with van der Waals surface area (Å²) in [6, 6.07) is -1.81. The average Bonchev–Trinajstić information content (AvgIpc) is 2.67. The van der Waals surface area contributed by atoms with E-state index in [1.54, 1.807) is 0 Å². The molecule has 0 saturated carbocycles. The molecule has 1 aliphatic heterocycles. The Morgan fingerprint density at radius 2 is 2.00 bits per heavy atom. The largest absolute Gasteiger partial charge is 0.480 e. The summed E-state index contributed by atoms with van der Waals surface area (Å²) in [6.07, 6.45) is -0.152. The van der Waals surface area contributed by atoms with Crippen LogP contribution in [0.5, 0.6) is 0 Å². The summed E-state index contributed by atoms with van der Waals surface area (Å²) in [4.78, 5) is 20.0. The molecule has 1 rings (SSSR count). The fourth-order valence-electron chi connectivity index (χ4n) is 1.08. The topological polar surface area (TPSA) is 159 Å². The van der Waals surface area contributed by atoms with Crippen LogP contribution in [0.2, 0.25) is 0 Å². The van der Waals surface area contributed by atoms with Crippen LogP contribution in [-0.4, -0.2) is 68.9 Å². The molecule has 0 aromatic carbocycles. The normalized spacial score (nSPS) is 24.6. The molecule has 1 fully saturated rings. The van der Waals surface area contributed by atoms with Crippen LogP contribution in [0.4, 0.5) is 0 Å². The minimum Gasteiger partial charge on any atom is -0.480 e. The molecule has 0 aromatic heterocycles. The highest BCUT2D eigenvalue weighted by Gasteiger charge is 2.27. The van der Waals surface area contributed by atoms with Gasteiger partial charge in [-0.05, 0) is 0 Å². The Labute approximate surface area is 96.6 Å². The van der Waals surface area contributed by atoms with Gasteiger partial charge in [-0.3, -0.25) is 9.59 Å². The molecule has 9 heteroatoms. The van der Waals surface area contributed by atoms with Gasteiger partial charge in [-0.1, -0.05) is 0 Å². The van der Waals surface area contributed by atoms with Crippen molar-refractivity contribution in [2.45, 2.75) is 24.6 Å². The van der Waals surface area contributed by atoms with Crippen LogP contribution in [0.3, 0.4) is 0 Å². The number of carboxylic acids is 2. The number of aliphatic carboxylic acids is 2. The molecule has 17 heavy (non-hydrogen) atoms. The first-order chi connectivity index (χ1) is 7.92. The third kappa shape index (κ3) is 6.14. The van der Waals surface area contributed by atoms with Gasteiger partial charge in [-0.15, -0.1) is 0 Å². The average molecular weight is 252 g/mol. The molecule has 0 unspecified atom stereocenters. The Kier molecular flexibility index (Phi) is 7.34. The van der Waals surface area contributed by atoms with Crippen molar-refractivity contribution in [2.24, 2.45) is 0 Å². The summed E-state index contributed by atoms with van der Waals surface area (Å²) >= 11 is 0. The maximum Gasteiger partial charge on any atom is 0.325 e. The maximum atomic E-state index is 10.2. The summed E-state index contributed by atoms with van der Waals surface area (Å²) in [5.41, 5.74) is 1.40. The summed E-state index contributed by atoms with van der Waals surface area (Å²) in [7, 11) is 0. The molecule has 9 nitrogen and oxygen atoms in total. The van der Waals surface area contributed by atoms with E-state index in [-0.39, 0.29) is 0 Å². The van der Waals surface area contributed by atoms with Gasteiger partial charge in [0.1, 0.15) is 6.04 Å². The number of carboxylic acid groups (broad SMARTS) is 2. The quantitative estimate of drug-likeness (QED) is 0.262. The van der Waals surface area contributed by atoms with Crippen LogP contribution >= 0.6 is 0 Å². The lowest BCUT2D eigenvalue weighted by Gasteiger charge is -2.02. The van der Waals surface area contributed by atoms with Crippen molar-refractivity contribution in [3.8, 4) is 0 Å². The molecular formula is C8H16N2O7. The number of aliphatic hydroxyl groups excluding tert-OH is 2. The second-order valence-electron chi connectivity index (χ2n) is 3.39. The summed E-state index contributed by atoms with van der Waals surface area (Å²) in [5.74, 6) is -2.17. The molecule has 7 N–H and O–H groups in total. The van der Waals surface area contributed by atoms with Crippen molar-refractivity contribution < 1.29 is 35.2 Å². The van der Waals surface area contributed by atoms with E-state index in [1.165, 1.54) is 5.48 Å². The van der Waals surface area contributed by atoms with Gasteiger partial charge in [-0.25, -0.2) is 0 Å². The van der Waals surface area contributed by atoms with Crippen molar-refractivity contribution in [3.05, 3.63) is 0 Å². The van der Waals surface area contributed by atoms with E-state index in [0.717, 1.165) is 0 Å². The number of hydroxylamine groups is 1. The van der Waals surface area contributed by atoms with Crippen molar-refractivity contribution in [3.63, 3.8) is 0 Å². The molecule has 1 aliphatic rings. The SMILES string of the molecule is O=C(O)[C@@H]1C[C@@H](O)CN1.O=C(O)[C@H](CO)NO. The highest BCUT2D eigenvalue weighted by atomic mass is 16.5. The Balaban J connectivity index is 0.000000304. The van der Waals surface area contributed by atoms with Crippen LogP contribution in [0.25, 0.3) is 0 Å². The smallest absolute Gasteiger partial charge is 0.325 e. The first kappa shape index (κ1) is 15.7. The molecular weight excluding hydrogens is 236 g/mol. The van der Waals surface area contributed by atoms with Gasteiger partial charge in [-0.2, -0.15) is 5.48 Å². The standard InChI is InChI=1S/C5H9NO3.C3H7NO4/c7-3-1-4(5(8)9)6-2-3;5-1-2(4-8)3(6)7/h3-4,6-7H,1-2H2,(H,8,9);2,4-5,8H,1H2,(H,6,7)/t3-,4+;2-/m10/s1. The number of carbonyl (C=O) groups is 2. The van der Waals surface area contributed by atoms with E-state index >= 15 is 0 Å². The first-order valence-corrected chi connectivity index (χ1v) is 4.79. The maximum absolute atomic E-state index is 10.2. The van der Waals surface area contributed by atoms with Crippen molar-refractivity contribution in [1.29, 1.82) is 0 Å². The fraction of sp³-hybridized carbons (Fsp3) is 0.750. The lowest BCUT2D eigenvalue weighted by atomic mass is 10.2. The van der Waals surface area contributed by atoms with Crippen LogP contribution in [-0.2, 0) is 9.59 Å². The zero-order valence-corrected chi connectivity index (χ0v) is 8.91. The van der Waals surface area contributed by atoms with Crippen LogP contribution < -0.4 is 10.8 Å². The zero-order chi connectivity index (χ0) is 13.4. The Morgan fingerprint density at radius 1 is 1.41 bits per heavy atom. The van der Waals surface area contributed by atoms with Crippen molar-refractivity contribution >= 4 is 11.9 Å². The molecule has 0 radical (unpaired) electrons. The predicted molar refractivity (Wildman–Crippen MR) is 53.5 cm³/mol. The van der Waals surface area contributed by atoms with Crippen LogP contribution in [0.1, 0.15) is 6.42 Å². The molecule has 1 saturated heterocycles. The molecule has 0 amide bonds. The molecule has 0 aromatic rings. The van der Waals surface area contributed by atoms with Gasteiger partial charge in [0, 0.05) is 13.0 Å². The zero-order valence-electron chi connectivity index (χ0n) is 8.91. The minimum atomic E-state index is -1.28.